The molecule has 1 amide bonds. The lowest BCUT2D eigenvalue weighted by Gasteiger charge is -2.11. The van der Waals surface area contributed by atoms with E-state index < -0.39 is 11.9 Å². The number of nitriles is 1. The monoisotopic (exact) mass is 405 g/mol. The van der Waals surface area contributed by atoms with Crippen LogP contribution in [0.25, 0.3) is 0 Å². The number of nitrogens with one attached hydrogen (secondary N) is 2. The fourth-order valence-corrected chi connectivity index (χ4v) is 2.77. The van der Waals surface area contributed by atoms with E-state index in [-0.39, 0.29) is 11.1 Å². The Morgan fingerprint density at radius 3 is 2.60 bits per heavy atom. The summed E-state index contributed by atoms with van der Waals surface area (Å²) in [7, 11) is 0. The van der Waals surface area contributed by atoms with E-state index in [1.54, 1.807) is 24.3 Å². The van der Waals surface area contributed by atoms with Crippen LogP contribution in [0.2, 0.25) is 0 Å². The Kier molecular flexibility index (Phi) is 9.14. The number of aryl methyl sites for hydroxylation is 1. The summed E-state index contributed by atoms with van der Waals surface area (Å²) in [4.78, 5) is 24.8. The van der Waals surface area contributed by atoms with Crippen LogP contribution in [-0.2, 0) is 16.0 Å². The van der Waals surface area contributed by atoms with Gasteiger partial charge in [0.25, 0.3) is 5.91 Å². The molecule has 0 aliphatic heterocycles. The number of nitrogens with zero attached hydrogens (tertiary/aromatic N) is 1. The first-order valence-corrected chi connectivity index (χ1v) is 10.0. The number of benzene rings is 2. The van der Waals surface area contributed by atoms with Crippen LogP contribution in [0.1, 0.15) is 41.3 Å². The number of unbranched alkanes of at least 4 members (excludes halogenated alkanes) is 1. The zero-order valence-electron chi connectivity index (χ0n) is 17.4. The Morgan fingerprint density at radius 1 is 1.13 bits per heavy atom. The molecule has 0 saturated heterocycles. The van der Waals surface area contributed by atoms with Gasteiger partial charge in [-0.25, -0.2) is 4.79 Å². The van der Waals surface area contributed by atoms with Crippen LogP contribution in [0.4, 0.5) is 5.69 Å². The van der Waals surface area contributed by atoms with E-state index in [0.717, 1.165) is 19.3 Å². The summed E-state index contributed by atoms with van der Waals surface area (Å²) in [6.45, 7) is 4.96. The van der Waals surface area contributed by atoms with Crippen molar-refractivity contribution >= 4 is 17.6 Å². The maximum absolute atomic E-state index is 12.5. The molecule has 0 spiro atoms. The van der Waals surface area contributed by atoms with Crippen molar-refractivity contribution < 1.29 is 14.3 Å². The van der Waals surface area contributed by atoms with Gasteiger partial charge in [-0.1, -0.05) is 49.7 Å². The minimum Gasteiger partial charge on any atom is -0.462 e. The molecule has 30 heavy (non-hydrogen) atoms. The molecule has 2 aromatic carbocycles. The van der Waals surface area contributed by atoms with Gasteiger partial charge in [0.05, 0.1) is 17.9 Å². The number of rotatable bonds is 10. The largest absolute Gasteiger partial charge is 0.462 e. The topological polar surface area (TPSA) is 91.2 Å². The number of hydrogen-bond acceptors (Lipinski definition) is 5. The van der Waals surface area contributed by atoms with Crippen LogP contribution in [0.15, 0.2) is 60.3 Å². The molecule has 2 N–H and O–H groups in total. The van der Waals surface area contributed by atoms with E-state index in [1.165, 1.54) is 17.3 Å². The van der Waals surface area contributed by atoms with Crippen LogP contribution in [-0.4, -0.2) is 25.0 Å². The quantitative estimate of drug-likeness (QED) is 0.268. The van der Waals surface area contributed by atoms with Crippen molar-refractivity contribution in [1.29, 1.82) is 5.26 Å². The van der Waals surface area contributed by atoms with Crippen LogP contribution in [0, 0.1) is 18.3 Å². The zero-order chi connectivity index (χ0) is 21.8. The predicted molar refractivity (Wildman–Crippen MR) is 117 cm³/mol. The number of amides is 1. The molecular weight excluding hydrogens is 378 g/mol. The third kappa shape index (κ3) is 6.78. The highest BCUT2D eigenvalue weighted by molar-refractivity contribution is 6.09. The third-order valence-electron chi connectivity index (χ3n) is 4.54. The first-order valence-electron chi connectivity index (χ1n) is 10.0. The van der Waals surface area contributed by atoms with Crippen molar-refractivity contribution in [1.82, 2.24) is 5.32 Å². The highest BCUT2D eigenvalue weighted by Gasteiger charge is 2.16. The molecule has 6 nitrogen and oxygen atoms in total. The minimum absolute atomic E-state index is 0.0751. The summed E-state index contributed by atoms with van der Waals surface area (Å²) in [5.41, 5.74) is 2.89. The standard InChI is InChI=1S/C24H27N3O3/c1-3-4-15-30-24(29)21-11-7-8-12-22(21)27-23(28)20(16-25)17-26-14-13-19-10-6-5-9-18(19)2/h5-12,17,26H,3-4,13-15H2,1-2H3,(H,27,28)/b20-17-. The highest BCUT2D eigenvalue weighted by atomic mass is 16.5. The minimum atomic E-state index is -0.588. The number of esters is 1. The fraction of sp³-hybridized carbons (Fsp3) is 0.292. The van der Waals surface area contributed by atoms with Crippen LogP contribution >= 0.6 is 0 Å². The molecule has 0 heterocycles. The fourth-order valence-electron chi connectivity index (χ4n) is 2.77. The van der Waals surface area contributed by atoms with Gasteiger partial charge < -0.3 is 15.4 Å². The molecule has 0 fully saturated rings. The molecule has 0 aromatic heterocycles. The molecule has 0 aliphatic carbocycles. The summed E-state index contributed by atoms with van der Waals surface area (Å²) in [6, 6.07) is 16.5. The number of carbonyl (C=O) groups excluding carboxylic acids is 2. The Bertz CT molecular complexity index is 945. The SMILES string of the molecule is CCCCOC(=O)c1ccccc1NC(=O)/C(C#N)=C\NCCc1ccccc1C. The van der Waals surface area contributed by atoms with E-state index in [1.807, 2.05) is 38.1 Å². The van der Waals surface area contributed by atoms with Crippen LogP contribution < -0.4 is 10.6 Å². The molecule has 0 saturated carbocycles. The van der Waals surface area contributed by atoms with E-state index in [4.69, 9.17) is 4.74 Å². The van der Waals surface area contributed by atoms with Gasteiger partial charge in [-0.05, 0) is 43.0 Å². The number of carbonyl (C=O) groups is 2. The summed E-state index contributed by atoms with van der Waals surface area (Å²) in [5.74, 6) is -1.09. The summed E-state index contributed by atoms with van der Waals surface area (Å²) < 4.78 is 5.23. The van der Waals surface area contributed by atoms with Crippen molar-refractivity contribution in [3.8, 4) is 6.07 Å². The molecule has 0 aliphatic rings. The lowest BCUT2D eigenvalue weighted by atomic mass is 10.1. The Hall–Kier alpha value is -3.59. The molecule has 0 atom stereocenters. The highest BCUT2D eigenvalue weighted by Crippen LogP contribution is 2.17. The van der Waals surface area contributed by atoms with Gasteiger partial charge >= 0.3 is 5.97 Å². The van der Waals surface area contributed by atoms with Crippen molar-refractivity contribution in [3.63, 3.8) is 0 Å². The molecule has 0 radical (unpaired) electrons. The van der Waals surface area contributed by atoms with E-state index in [0.29, 0.717) is 18.8 Å². The maximum Gasteiger partial charge on any atom is 0.340 e. The summed E-state index contributed by atoms with van der Waals surface area (Å²) >= 11 is 0. The van der Waals surface area contributed by atoms with Gasteiger partial charge in [0.2, 0.25) is 0 Å². The van der Waals surface area contributed by atoms with E-state index >= 15 is 0 Å². The maximum atomic E-state index is 12.5. The molecule has 0 unspecified atom stereocenters. The summed E-state index contributed by atoms with van der Waals surface area (Å²) in [5, 5.41) is 15.0. The van der Waals surface area contributed by atoms with Gasteiger partial charge in [-0.3, -0.25) is 4.79 Å². The molecule has 2 aromatic rings. The first-order chi connectivity index (χ1) is 14.6. The third-order valence-corrected chi connectivity index (χ3v) is 4.54. The smallest absolute Gasteiger partial charge is 0.340 e. The van der Waals surface area contributed by atoms with Gasteiger partial charge in [-0.2, -0.15) is 5.26 Å². The average molecular weight is 405 g/mol. The van der Waals surface area contributed by atoms with Crippen LogP contribution in [0.3, 0.4) is 0 Å². The van der Waals surface area contributed by atoms with Gasteiger partial charge in [0.15, 0.2) is 0 Å². The van der Waals surface area contributed by atoms with Gasteiger partial charge in [0.1, 0.15) is 11.6 Å². The van der Waals surface area contributed by atoms with Crippen molar-refractivity contribution in [2.75, 3.05) is 18.5 Å². The number of hydrogen-bond donors (Lipinski definition) is 2. The van der Waals surface area contributed by atoms with E-state index in [9.17, 15) is 14.9 Å². The average Bonchev–Trinajstić information content (AvgIpc) is 2.75. The van der Waals surface area contributed by atoms with Crippen molar-refractivity contribution in [2.24, 2.45) is 0 Å². The Labute approximate surface area is 177 Å². The lowest BCUT2D eigenvalue weighted by molar-refractivity contribution is -0.112. The molecule has 6 heteroatoms. The first kappa shape index (κ1) is 22.7. The Balaban J connectivity index is 1.98. The predicted octanol–water partition coefficient (Wildman–Crippen LogP) is 4.13. The second-order valence-corrected chi connectivity index (χ2v) is 6.79. The number of para-hydroxylation sites is 1. The normalized spacial score (nSPS) is 10.8. The van der Waals surface area contributed by atoms with Gasteiger partial charge in [-0.15, -0.1) is 0 Å². The molecule has 0 bridgehead atoms. The van der Waals surface area contributed by atoms with Crippen molar-refractivity contribution in [2.45, 2.75) is 33.1 Å². The number of ether oxygens (including phenoxy) is 1. The number of anilines is 1. The van der Waals surface area contributed by atoms with Crippen LogP contribution in [0.5, 0.6) is 0 Å². The van der Waals surface area contributed by atoms with E-state index in [2.05, 4.69) is 16.7 Å². The summed E-state index contributed by atoms with van der Waals surface area (Å²) in [6.07, 6.45) is 3.86. The molecule has 2 rings (SSSR count). The zero-order valence-corrected chi connectivity index (χ0v) is 17.4. The second kappa shape index (κ2) is 12.1. The Morgan fingerprint density at radius 2 is 1.87 bits per heavy atom. The molecular formula is C24H27N3O3. The molecule has 156 valence electrons. The second-order valence-electron chi connectivity index (χ2n) is 6.79. The van der Waals surface area contributed by atoms with Crippen molar-refractivity contribution in [3.05, 3.63) is 77.0 Å². The van der Waals surface area contributed by atoms with Gasteiger partial charge in [0, 0.05) is 12.7 Å². The lowest BCUT2D eigenvalue weighted by Crippen LogP contribution is -2.20.